The Bertz CT molecular complexity index is 97.0. The molecule has 0 fully saturated rings. The summed E-state index contributed by atoms with van der Waals surface area (Å²) in [5.41, 5.74) is 0. The van der Waals surface area contributed by atoms with Gasteiger partial charge in [-0.3, -0.25) is 4.79 Å². The molecule has 0 aliphatic carbocycles. The van der Waals surface area contributed by atoms with Crippen LogP contribution < -0.4 is 0 Å². The topological polar surface area (TPSA) is 26.3 Å². The molecule has 0 N–H and O–H groups in total. The van der Waals surface area contributed by atoms with Crippen molar-refractivity contribution in [2.75, 3.05) is 12.4 Å². The minimum Gasteiger partial charge on any atom is -0.469 e. The average Bonchev–Trinajstić information content (AvgIpc) is 1.87. The third-order valence-corrected chi connectivity index (χ3v) is 1.38. The zero-order valence-electron chi connectivity index (χ0n) is 5.26. The number of carbonyl (C=O) groups is 1. The van der Waals surface area contributed by atoms with Gasteiger partial charge in [-0.1, -0.05) is 15.9 Å². The van der Waals surface area contributed by atoms with Crippen LogP contribution >= 0.6 is 15.9 Å². The van der Waals surface area contributed by atoms with Gasteiger partial charge < -0.3 is 4.74 Å². The van der Waals surface area contributed by atoms with Crippen LogP contribution in [0, 0.1) is 0 Å². The van der Waals surface area contributed by atoms with Crippen molar-refractivity contribution in [2.24, 2.45) is 0 Å². The van der Waals surface area contributed by atoms with Crippen LogP contribution in [0.5, 0.6) is 0 Å². The normalized spacial score (nSPS) is 12.7. The number of rotatable bonds is 3. The molecular formula is C5H8BBrO2. The highest BCUT2D eigenvalue weighted by atomic mass is 79.9. The molecule has 0 saturated heterocycles. The first-order chi connectivity index (χ1) is 4.22. The number of esters is 1. The van der Waals surface area contributed by atoms with Crippen LogP contribution in [0.1, 0.15) is 6.42 Å². The van der Waals surface area contributed by atoms with Gasteiger partial charge in [-0.15, -0.1) is 0 Å². The van der Waals surface area contributed by atoms with E-state index in [1.54, 1.807) is 0 Å². The number of halogens is 1. The number of hydrogen-bond donors (Lipinski definition) is 0. The zero-order chi connectivity index (χ0) is 7.28. The Labute approximate surface area is 64.5 Å². The Kier molecular flexibility index (Phi) is 4.86. The lowest BCUT2D eigenvalue weighted by Crippen LogP contribution is -2.10. The van der Waals surface area contributed by atoms with E-state index in [9.17, 15) is 4.79 Å². The number of hydrogen-bond acceptors (Lipinski definition) is 2. The van der Waals surface area contributed by atoms with Gasteiger partial charge in [-0.2, -0.15) is 0 Å². The first kappa shape index (κ1) is 9.01. The summed E-state index contributed by atoms with van der Waals surface area (Å²) < 4.78 is 4.38. The molecule has 0 aliphatic heterocycles. The van der Waals surface area contributed by atoms with E-state index in [1.807, 2.05) is 0 Å². The molecule has 0 amide bonds. The van der Waals surface area contributed by atoms with Crippen molar-refractivity contribution < 1.29 is 9.53 Å². The summed E-state index contributed by atoms with van der Waals surface area (Å²) in [6.45, 7) is 0. The zero-order valence-corrected chi connectivity index (χ0v) is 6.85. The van der Waals surface area contributed by atoms with Crippen LogP contribution in [0.25, 0.3) is 0 Å². The first-order valence-corrected chi connectivity index (χ1v) is 3.74. The highest BCUT2D eigenvalue weighted by Crippen LogP contribution is 2.08. The molecule has 9 heavy (non-hydrogen) atoms. The number of methoxy groups -OCH3 is 1. The van der Waals surface area contributed by atoms with Crippen LogP contribution in [-0.2, 0) is 9.53 Å². The molecule has 0 saturated carbocycles. The van der Waals surface area contributed by atoms with E-state index in [2.05, 4.69) is 20.7 Å². The van der Waals surface area contributed by atoms with Crippen LogP contribution in [0.3, 0.4) is 0 Å². The lowest BCUT2D eigenvalue weighted by molar-refractivity contribution is -0.140. The maximum absolute atomic E-state index is 10.5. The molecule has 1 atom stereocenters. The number of carbonyl (C=O) groups excluding carboxylic acids is 1. The minimum absolute atomic E-state index is 0.352. The van der Waals surface area contributed by atoms with Gasteiger partial charge in [-0.25, -0.2) is 0 Å². The second kappa shape index (κ2) is 4.85. The number of alkyl halides is 1. The molecule has 0 aromatic carbocycles. The van der Waals surface area contributed by atoms with Gasteiger partial charge in [0.15, 0.2) is 0 Å². The number of ether oxygens (including phenoxy) is 1. The molecule has 0 aromatic rings. The fourth-order valence-electron chi connectivity index (χ4n) is 0.387. The summed E-state index contributed by atoms with van der Waals surface area (Å²) in [4.78, 5) is 10.5. The van der Waals surface area contributed by atoms with Crippen molar-refractivity contribution in [1.29, 1.82) is 0 Å². The van der Waals surface area contributed by atoms with Crippen molar-refractivity contribution in [2.45, 2.75) is 12.2 Å². The second-order valence-electron chi connectivity index (χ2n) is 1.61. The highest BCUT2D eigenvalue weighted by Gasteiger charge is 2.10. The molecule has 1 unspecified atom stereocenters. The van der Waals surface area contributed by atoms with Gasteiger partial charge in [0.25, 0.3) is 5.97 Å². The van der Waals surface area contributed by atoms with E-state index in [-0.39, 0.29) is 5.97 Å². The van der Waals surface area contributed by atoms with Crippen LogP contribution in [-0.4, -0.2) is 26.3 Å². The van der Waals surface area contributed by atoms with Gasteiger partial charge in [0.05, 0.1) is 15.0 Å². The van der Waals surface area contributed by atoms with E-state index in [1.165, 1.54) is 7.11 Å². The molecule has 0 heterocycles. The standard InChI is InChI=1S/C5H8BBrO2/c1-9-5(8)4(6)2-3-7/h4H,2-3H2,1H3. The average molecular weight is 191 g/mol. The molecule has 0 spiro atoms. The van der Waals surface area contributed by atoms with E-state index < -0.39 is 5.82 Å². The van der Waals surface area contributed by atoms with Crippen LogP contribution in [0.4, 0.5) is 0 Å². The van der Waals surface area contributed by atoms with Gasteiger partial charge >= 0.3 is 0 Å². The summed E-state index contributed by atoms with van der Waals surface area (Å²) in [6.07, 6.45) is 0.618. The van der Waals surface area contributed by atoms with Crippen molar-refractivity contribution >= 4 is 29.7 Å². The van der Waals surface area contributed by atoms with Crippen molar-refractivity contribution in [3.63, 3.8) is 0 Å². The quantitative estimate of drug-likeness (QED) is 0.376. The maximum Gasteiger partial charge on any atom is 0.299 e. The Morgan fingerprint density at radius 1 is 1.89 bits per heavy atom. The molecule has 0 bridgehead atoms. The third kappa shape index (κ3) is 3.57. The van der Waals surface area contributed by atoms with Gasteiger partial charge in [0.1, 0.15) is 0 Å². The third-order valence-electron chi connectivity index (χ3n) is 0.924. The largest absolute Gasteiger partial charge is 0.469 e. The monoisotopic (exact) mass is 190 g/mol. The fourth-order valence-corrected chi connectivity index (χ4v) is 0.880. The summed E-state index contributed by atoms with van der Waals surface area (Å²) in [5.74, 6) is -0.830. The predicted molar refractivity (Wildman–Crippen MR) is 39.9 cm³/mol. The fraction of sp³-hybridized carbons (Fsp3) is 0.800. The minimum atomic E-state index is -0.477. The molecule has 50 valence electrons. The molecule has 2 nitrogen and oxygen atoms in total. The van der Waals surface area contributed by atoms with Gasteiger partial charge in [0, 0.05) is 11.1 Å². The SMILES string of the molecule is [B]C(CCBr)C(=O)OC. The first-order valence-electron chi connectivity index (χ1n) is 2.61. The summed E-state index contributed by atoms with van der Waals surface area (Å²) in [6, 6.07) is 0. The summed E-state index contributed by atoms with van der Waals surface area (Å²) in [5, 5.41) is 0.725. The van der Waals surface area contributed by atoms with Gasteiger partial charge in [0.2, 0.25) is 0 Å². The van der Waals surface area contributed by atoms with E-state index in [0.717, 1.165) is 5.33 Å². The Morgan fingerprint density at radius 3 is 2.78 bits per heavy atom. The Morgan fingerprint density at radius 2 is 2.44 bits per heavy atom. The summed E-state index contributed by atoms with van der Waals surface area (Å²) >= 11 is 3.16. The van der Waals surface area contributed by atoms with E-state index in [4.69, 9.17) is 7.85 Å². The Hall–Kier alpha value is 0.0149. The lowest BCUT2D eigenvalue weighted by atomic mass is 9.85. The Balaban J connectivity index is 3.45. The molecule has 4 heteroatoms. The summed E-state index contributed by atoms with van der Waals surface area (Å²) in [7, 11) is 6.66. The van der Waals surface area contributed by atoms with Crippen molar-refractivity contribution in [3.8, 4) is 0 Å². The molecule has 0 aromatic heterocycles. The van der Waals surface area contributed by atoms with Crippen molar-refractivity contribution in [1.82, 2.24) is 0 Å². The smallest absolute Gasteiger partial charge is 0.299 e. The maximum atomic E-state index is 10.5. The highest BCUT2D eigenvalue weighted by molar-refractivity contribution is 9.09. The van der Waals surface area contributed by atoms with Crippen LogP contribution in [0.2, 0.25) is 5.82 Å². The van der Waals surface area contributed by atoms with E-state index in [0.29, 0.717) is 6.42 Å². The van der Waals surface area contributed by atoms with Gasteiger partial charge in [-0.05, 0) is 6.42 Å². The lowest BCUT2D eigenvalue weighted by Gasteiger charge is -2.05. The van der Waals surface area contributed by atoms with E-state index >= 15 is 0 Å². The molecule has 2 radical (unpaired) electrons. The molecule has 0 rings (SSSR count). The predicted octanol–water partition coefficient (Wildman–Crippen LogP) is 0.901. The second-order valence-corrected chi connectivity index (χ2v) is 2.40. The molecular weight excluding hydrogens is 183 g/mol. The van der Waals surface area contributed by atoms with Crippen LogP contribution in [0.15, 0.2) is 0 Å². The molecule has 0 aliphatic rings. The van der Waals surface area contributed by atoms with Crippen molar-refractivity contribution in [3.05, 3.63) is 0 Å².